The monoisotopic (exact) mass is 1110 g/mol. The van der Waals surface area contributed by atoms with Crippen LogP contribution in [0.4, 0.5) is 0 Å². The number of carbonyl (C=O) groups excluding carboxylic acids is 1. The first-order chi connectivity index (χ1) is 32.0. The summed E-state index contributed by atoms with van der Waals surface area (Å²) in [5, 5.41) is 23.5. The van der Waals surface area contributed by atoms with Crippen LogP contribution in [0.1, 0.15) is 80.5 Å². The molecule has 9 aromatic carbocycles. The average Bonchev–Trinajstić information content (AvgIpc) is 3.31. The molecule has 0 aromatic heterocycles. The van der Waals surface area contributed by atoms with E-state index in [0.717, 1.165) is 11.1 Å². The van der Waals surface area contributed by atoms with Crippen molar-refractivity contribution < 1.29 is 31.0 Å². The fourth-order valence-corrected chi connectivity index (χ4v) is 13.6. The van der Waals surface area contributed by atoms with Crippen molar-refractivity contribution in [3.8, 4) is 16.9 Å². The number of phenols is 1. The second-order valence-corrected chi connectivity index (χ2v) is 24.3. The van der Waals surface area contributed by atoms with Crippen LogP contribution in [-0.4, -0.2) is 11.4 Å². The number of aryl methyl sites for hydroxylation is 4. The van der Waals surface area contributed by atoms with Crippen molar-refractivity contribution in [2.75, 3.05) is 0 Å². The van der Waals surface area contributed by atoms with Gasteiger partial charge >= 0.3 is 0 Å². The van der Waals surface area contributed by atoms with Gasteiger partial charge in [0, 0.05) is 26.8 Å². The van der Waals surface area contributed by atoms with Gasteiger partial charge in [0.15, 0.2) is 0 Å². The van der Waals surface area contributed by atoms with Crippen molar-refractivity contribution in [3.05, 3.63) is 221 Å². The molecular weight excluding hydrogens is 1050 g/mol. The maximum absolute atomic E-state index is 10.9. The van der Waals surface area contributed by atoms with Crippen LogP contribution in [0.15, 0.2) is 182 Å². The molecule has 2 nitrogen and oxygen atoms in total. The summed E-state index contributed by atoms with van der Waals surface area (Å²) in [6, 6.07) is 68.3. The van der Waals surface area contributed by atoms with E-state index in [0.29, 0.717) is 0 Å². The van der Waals surface area contributed by atoms with Crippen molar-refractivity contribution in [1.82, 2.24) is 0 Å². The zero-order valence-electron chi connectivity index (χ0n) is 40.9. The normalized spacial score (nSPS) is 11.6. The molecule has 68 heavy (non-hydrogen) atoms. The SMILES string of the molecule is CC(C)(C)c1cc([C-]=O)c(O)c(C(C)(C)C)c1.Cc1ccc(P(c2ccc(C)cc2)c2ccc3ccccc3c2-c2c(P(c3ccc(C)cc3)c3ccc(C)cc3)ccc3ccccc23)cc1.[Pt]. The molecule has 0 bridgehead atoms. The number of fused-ring (bicyclic) bond motifs is 2. The Hall–Kier alpha value is -5.48. The Morgan fingerprint density at radius 2 is 0.765 bits per heavy atom. The van der Waals surface area contributed by atoms with Gasteiger partial charge in [-0.1, -0.05) is 251 Å². The fourth-order valence-electron chi connectivity index (χ4n) is 8.77. The second-order valence-electron chi connectivity index (χ2n) is 19.9. The van der Waals surface area contributed by atoms with Crippen molar-refractivity contribution in [2.45, 2.75) is 80.1 Å². The van der Waals surface area contributed by atoms with Gasteiger partial charge in [0.05, 0.1) is 6.29 Å². The molecule has 5 heteroatoms. The molecule has 346 valence electrons. The minimum absolute atomic E-state index is 0. The summed E-state index contributed by atoms with van der Waals surface area (Å²) in [6.45, 7) is 21.0. The molecule has 0 aliphatic heterocycles. The van der Waals surface area contributed by atoms with Gasteiger partial charge < -0.3 is 9.90 Å². The number of aromatic hydroxyl groups is 1. The number of hydrogen-bond donors (Lipinski definition) is 1. The Labute approximate surface area is 421 Å². The second kappa shape index (κ2) is 21.0. The molecule has 0 spiro atoms. The molecule has 9 rings (SSSR count). The van der Waals surface area contributed by atoms with E-state index >= 15 is 0 Å². The van der Waals surface area contributed by atoms with Gasteiger partial charge in [-0.3, -0.25) is 0 Å². The topological polar surface area (TPSA) is 37.3 Å². The quantitative estimate of drug-likeness (QED) is 0.122. The van der Waals surface area contributed by atoms with E-state index in [1.807, 2.05) is 33.1 Å². The van der Waals surface area contributed by atoms with Crippen molar-refractivity contribution in [1.29, 1.82) is 0 Å². The summed E-state index contributed by atoms with van der Waals surface area (Å²) >= 11 is 0. The number of hydrogen-bond acceptors (Lipinski definition) is 2. The molecule has 0 saturated carbocycles. The van der Waals surface area contributed by atoms with Gasteiger partial charge in [-0.25, -0.2) is 0 Å². The summed E-state index contributed by atoms with van der Waals surface area (Å²) in [7, 11) is -1.77. The Bertz CT molecular complexity index is 2930. The molecule has 0 radical (unpaired) electrons. The largest absolute Gasteiger partial charge is 0.565 e. The van der Waals surface area contributed by atoms with Crippen LogP contribution >= 0.6 is 15.8 Å². The van der Waals surface area contributed by atoms with Gasteiger partial charge in [0.25, 0.3) is 0 Å². The van der Waals surface area contributed by atoms with Crippen LogP contribution in [-0.2, 0) is 36.7 Å². The zero-order valence-corrected chi connectivity index (χ0v) is 44.9. The van der Waals surface area contributed by atoms with Crippen molar-refractivity contribution in [2.24, 2.45) is 0 Å². The third kappa shape index (κ3) is 10.9. The smallest absolute Gasteiger partial charge is 0.0662 e. The third-order valence-electron chi connectivity index (χ3n) is 12.6. The first kappa shape index (κ1) is 50.4. The predicted octanol–water partition coefficient (Wildman–Crippen LogP) is 13.9. The first-order valence-corrected chi connectivity index (χ1v) is 25.9. The van der Waals surface area contributed by atoms with Gasteiger partial charge in [0.2, 0.25) is 0 Å². The van der Waals surface area contributed by atoms with E-state index in [-0.39, 0.29) is 43.2 Å². The summed E-state index contributed by atoms with van der Waals surface area (Å²) < 4.78 is 0. The molecule has 0 aliphatic rings. The third-order valence-corrected chi connectivity index (χ3v) is 17.6. The Morgan fingerprint density at radius 3 is 1.07 bits per heavy atom. The number of benzene rings is 9. The van der Waals surface area contributed by atoms with Crippen LogP contribution in [0.2, 0.25) is 0 Å². The minimum Gasteiger partial charge on any atom is -0.565 e. The number of phenolic OH excluding ortho intramolecular Hbond substituents is 1. The average molecular weight is 1110 g/mol. The van der Waals surface area contributed by atoms with Gasteiger partial charge in [-0.15, -0.1) is 5.56 Å². The van der Waals surface area contributed by atoms with E-state index in [2.05, 4.69) is 218 Å². The van der Waals surface area contributed by atoms with E-state index in [9.17, 15) is 9.90 Å². The standard InChI is InChI=1S/C48H40P2.C15H21O2.Pt/c1-33-13-23-39(24-14-33)49(40-25-15-34(2)16-26-40)45-31-21-37-9-5-7-11-43(37)47(45)48-44-12-8-6-10-38(44)22-32-46(48)50(41-27-17-35(3)18-28-41)42-29-19-36(4)20-30-42;1-14(2,3)11-7-10(9-16)13(17)12(8-11)15(4,5)6;/h5-32H,1-4H3;7-8,17H,1-6H3;/q;-1;. The van der Waals surface area contributed by atoms with E-state index < -0.39 is 15.8 Å². The summed E-state index contributed by atoms with van der Waals surface area (Å²) in [4.78, 5) is 10.9. The fraction of sp³-hybridized carbons (Fsp3) is 0.190. The predicted molar refractivity (Wildman–Crippen MR) is 294 cm³/mol. The molecule has 0 amide bonds. The van der Waals surface area contributed by atoms with Gasteiger partial charge in [-0.05, 0) is 119 Å². The molecule has 0 aliphatic carbocycles. The maximum atomic E-state index is 10.9. The molecule has 0 fully saturated rings. The van der Waals surface area contributed by atoms with Crippen LogP contribution in [0.3, 0.4) is 0 Å². The molecule has 0 heterocycles. The van der Waals surface area contributed by atoms with Crippen LogP contribution in [0.25, 0.3) is 32.7 Å². The molecule has 0 atom stereocenters. The van der Waals surface area contributed by atoms with Crippen molar-refractivity contribution >= 4 is 75.5 Å². The van der Waals surface area contributed by atoms with E-state index in [1.54, 1.807) is 6.07 Å². The Balaban J connectivity index is 0.000000324. The van der Waals surface area contributed by atoms with Crippen LogP contribution < -0.4 is 31.8 Å². The van der Waals surface area contributed by atoms with Crippen molar-refractivity contribution in [3.63, 3.8) is 0 Å². The van der Waals surface area contributed by atoms with Crippen LogP contribution in [0.5, 0.6) is 5.75 Å². The van der Waals surface area contributed by atoms with E-state index in [4.69, 9.17) is 0 Å². The summed E-state index contributed by atoms with van der Waals surface area (Å²) in [6.07, 6.45) is 1.82. The molecular formula is C63H61O2P2Pt-. The summed E-state index contributed by atoms with van der Waals surface area (Å²) in [5.74, 6) is 0.0560. The maximum Gasteiger partial charge on any atom is 0.0662 e. The molecule has 9 aromatic rings. The van der Waals surface area contributed by atoms with Crippen LogP contribution in [0, 0.1) is 27.7 Å². The zero-order chi connectivity index (χ0) is 47.6. The Morgan fingerprint density at radius 1 is 0.426 bits per heavy atom. The molecule has 0 saturated heterocycles. The summed E-state index contributed by atoms with van der Waals surface area (Å²) in [5.41, 5.74) is 9.67. The molecule has 0 unspecified atom stereocenters. The first-order valence-electron chi connectivity index (χ1n) is 23.2. The number of rotatable bonds is 8. The van der Waals surface area contributed by atoms with Gasteiger partial charge in [0.1, 0.15) is 0 Å². The minimum atomic E-state index is -0.885. The van der Waals surface area contributed by atoms with E-state index in [1.165, 1.54) is 86.8 Å². The molecule has 1 N–H and O–H groups in total. The Kier molecular flexibility index (Phi) is 15.6. The van der Waals surface area contributed by atoms with Gasteiger partial charge in [-0.2, -0.15) is 6.07 Å².